The molecule has 74 valence electrons. The fourth-order valence-electron chi connectivity index (χ4n) is 0.815. The molecule has 0 amide bonds. The maximum absolute atomic E-state index is 9.01. The lowest BCUT2D eigenvalue weighted by Crippen LogP contribution is -2.33. The summed E-state index contributed by atoms with van der Waals surface area (Å²) in [4.78, 5) is 0. The first-order chi connectivity index (χ1) is 5.34. The lowest BCUT2D eigenvalue weighted by atomic mass is 9.82. The molecule has 0 aromatic heterocycles. The van der Waals surface area contributed by atoms with Gasteiger partial charge in [0.1, 0.15) is 0 Å². The lowest BCUT2D eigenvalue weighted by molar-refractivity contribution is 0.180. The van der Waals surface area contributed by atoms with Crippen LogP contribution in [0.1, 0.15) is 34.6 Å². The molecule has 0 radical (unpaired) electrons. The molecule has 0 heterocycles. The molecule has 2 heteroatoms. The van der Waals surface area contributed by atoms with Gasteiger partial charge in [-0.1, -0.05) is 27.7 Å². The molecular formula is C10H23NO. The monoisotopic (exact) mass is 173 g/mol. The van der Waals surface area contributed by atoms with Crippen molar-refractivity contribution in [2.45, 2.75) is 40.7 Å². The van der Waals surface area contributed by atoms with Crippen LogP contribution in [0.3, 0.4) is 0 Å². The van der Waals surface area contributed by atoms with Crippen LogP contribution >= 0.6 is 0 Å². The Hall–Kier alpha value is -0.0800. The highest BCUT2D eigenvalue weighted by Crippen LogP contribution is 2.24. The molecule has 0 aromatic carbocycles. The Morgan fingerprint density at radius 1 is 1.17 bits per heavy atom. The van der Waals surface area contributed by atoms with E-state index in [0.29, 0.717) is 17.9 Å². The summed E-state index contributed by atoms with van der Waals surface area (Å²) in [6.07, 6.45) is -0.239. The fraction of sp³-hybridized carbons (Fsp3) is 1.00. The Morgan fingerprint density at radius 3 is 2.00 bits per heavy atom. The van der Waals surface area contributed by atoms with E-state index in [9.17, 15) is 0 Å². The molecule has 0 saturated heterocycles. The number of aliphatic hydroxyl groups excluding tert-OH is 1. The lowest BCUT2D eigenvalue weighted by Gasteiger charge is -2.27. The minimum atomic E-state index is -0.239. The summed E-state index contributed by atoms with van der Waals surface area (Å²) in [7, 11) is 0. The van der Waals surface area contributed by atoms with Gasteiger partial charge in [-0.3, -0.25) is 0 Å². The zero-order valence-corrected chi connectivity index (χ0v) is 9.02. The van der Waals surface area contributed by atoms with Gasteiger partial charge in [0.05, 0.1) is 6.10 Å². The molecule has 0 aliphatic carbocycles. The second kappa shape index (κ2) is 4.83. The van der Waals surface area contributed by atoms with Gasteiger partial charge in [0.15, 0.2) is 0 Å². The van der Waals surface area contributed by atoms with E-state index in [1.165, 1.54) is 0 Å². The minimum Gasteiger partial charge on any atom is -0.392 e. The number of rotatable bonds is 4. The molecular weight excluding hydrogens is 150 g/mol. The molecule has 0 rings (SSSR count). The summed E-state index contributed by atoms with van der Waals surface area (Å²) in [5, 5.41) is 12.2. The van der Waals surface area contributed by atoms with E-state index in [1.807, 2.05) is 0 Å². The molecule has 0 aliphatic rings. The highest BCUT2D eigenvalue weighted by atomic mass is 16.3. The SMILES string of the molecule is CC(CNC[C@@H](C)O)C(C)(C)C. The number of aliphatic hydroxyl groups is 1. The van der Waals surface area contributed by atoms with E-state index >= 15 is 0 Å². The van der Waals surface area contributed by atoms with Crippen LogP contribution in [0.4, 0.5) is 0 Å². The maximum Gasteiger partial charge on any atom is 0.0636 e. The quantitative estimate of drug-likeness (QED) is 0.677. The molecule has 2 nitrogen and oxygen atoms in total. The zero-order chi connectivity index (χ0) is 9.78. The first kappa shape index (κ1) is 11.9. The van der Waals surface area contributed by atoms with Crippen molar-refractivity contribution in [2.75, 3.05) is 13.1 Å². The van der Waals surface area contributed by atoms with Crippen LogP contribution < -0.4 is 5.32 Å². The van der Waals surface area contributed by atoms with Gasteiger partial charge >= 0.3 is 0 Å². The average molecular weight is 173 g/mol. The van der Waals surface area contributed by atoms with Crippen LogP contribution in [-0.4, -0.2) is 24.3 Å². The van der Waals surface area contributed by atoms with Crippen molar-refractivity contribution in [1.82, 2.24) is 5.32 Å². The first-order valence-electron chi connectivity index (χ1n) is 4.73. The van der Waals surface area contributed by atoms with Crippen LogP contribution in [-0.2, 0) is 0 Å². The largest absolute Gasteiger partial charge is 0.392 e. The van der Waals surface area contributed by atoms with Crippen LogP contribution in [0.2, 0.25) is 0 Å². The minimum absolute atomic E-state index is 0.239. The molecule has 0 bridgehead atoms. The molecule has 2 N–H and O–H groups in total. The number of hydrogen-bond acceptors (Lipinski definition) is 2. The maximum atomic E-state index is 9.01. The molecule has 12 heavy (non-hydrogen) atoms. The van der Waals surface area contributed by atoms with E-state index in [1.54, 1.807) is 6.92 Å². The Morgan fingerprint density at radius 2 is 1.67 bits per heavy atom. The van der Waals surface area contributed by atoms with Gasteiger partial charge in [0.2, 0.25) is 0 Å². The summed E-state index contributed by atoms with van der Waals surface area (Å²) >= 11 is 0. The highest BCUT2D eigenvalue weighted by Gasteiger charge is 2.19. The van der Waals surface area contributed by atoms with E-state index < -0.39 is 0 Å². The van der Waals surface area contributed by atoms with E-state index in [0.717, 1.165) is 6.54 Å². The van der Waals surface area contributed by atoms with Crippen molar-refractivity contribution in [2.24, 2.45) is 11.3 Å². The summed E-state index contributed by atoms with van der Waals surface area (Å²) in [5.41, 5.74) is 0.353. The van der Waals surface area contributed by atoms with E-state index in [-0.39, 0.29) is 6.10 Å². The molecule has 0 fully saturated rings. The third-order valence-electron chi connectivity index (χ3n) is 2.37. The van der Waals surface area contributed by atoms with Crippen LogP contribution in [0.5, 0.6) is 0 Å². The second-order valence-electron chi connectivity index (χ2n) is 4.77. The van der Waals surface area contributed by atoms with Crippen molar-refractivity contribution in [3.8, 4) is 0 Å². The Bertz CT molecular complexity index is 115. The predicted molar refractivity (Wildman–Crippen MR) is 53.2 cm³/mol. The Kier molecular flexibility index (Phi) is 4.80. The fourth-order valence-corrected chi connectivity index (χ4v) is 0.815. The predicted octanol–water partition coefficient (Wildman–Crippen LogP) is 1.64. The first-order valence-corrected chi connectivity index (χ1v) is 4.73. The highest BCUT2D eigenvalue weighted by molar-refractivity contribution is 4.72. The summed E-state index contributed by atoms with van der Waals surface area (Å²) in [5.74, 6) is 0.635. The third kappa shape index (κ3) is 5.56. The topological polar surface area (TPSA) is 32.3 Å². The van der Waals surface area contributed by atoms with Gasteiger partial charge in [-0.05, 0) is 24.8 Å². The van der Waals surface area contributed by atoms with Crippen molar-refractivity contribution in [3.05, 3.63) is 0 Å². The summed E-state index contributed by atoms with van der Waals surface area (Å²) in [6.45, 7) is 12.4. The molecule has 0 aliphatic heterocycles. The standard InChI is InChI=1S/C10H23NO/c1-8(10(3,4)5)6-11-7-9(2)12/h8-9,11-12H,6-7H2,1-5H3/t8?,9-/m1/s1. The number of hydrogen-bond donors (Lipinski definition) is 2. The van der Waals surface area contributed by atoms with Gasteiger partial charge in [-0.25, -0.2) is 0 Å². The molecule has 2 atom stereocenters. The molecule has 0 saturated carbocycles. The van der Waals surface area contributed by atoms with Gasteiger partial charge in [-0.15, -0.1) is 0 Å². The van der Waals surface area contributed by atoms with Crippen LogP contribution in [0.25, 0.3) is 0 Å². The second-order valence-corrected chi connectivity index (χ2v) is 4.77. The van der Waals surface area contributed by atoms with E-state index in [2.05, 4.69) is 33.0 Å². The third-order valence-corrected chi connectivity index (χ3v) is 2.37. The normalized spacial score (nSPS) is 17.5. The molecule has 0 spiro atoms. The Labute approximate surface area is 76.4 Å². The van der Waals surface area contributed by atoms with Crippen LogP contribution in [0, 0.1) is 11.3 Å². The van der Waals surface area contributed by atoms with Crippen molar-refractivity contribution in [1.29, 1.82) is 0 Å². The van der Waals surface area contributed by atoms with Crippen molar-refractivity contribution < 1.29 is 5.11 Å². The zero-order valence-electron chi connectivity index (χ0n) is 9.02. The van der Waals surface area contributed by atoms with Crippen molar-refractivity contribution >= 4 is 0 Å². The average Bonchev–Trinajstić information content (AvgIpc) is 1.84. The molecule has 0 aromatic rings. The van der Waals surface area contributed by atoms with Crippen LogP contribution in [0.15, 0.2) is 0 Å². The smallest absolute Gasteiger partial charge is 0.0636 e. The van der Waals surface area contributed by atoms with Gasteiger partial charge in [0.25, 0.3) is 0 Å². The van der Waals surface area contributed by atoms with Crippen molar-refractivity contribution in [3.63, 3.8) is 0 Å². The van der Waals surface area contributed by atoms with Gasteiger partial charge in [-0.2, -0.15) is 0 Å². The molecule has 1 unspecified atom stereocenters. The summed E-state index contributed by atoms with van der Waals surface area (Å²) in [6, 6.07) is 0. The summed E-state index contributed by atoms with van der Waals surface area (Å²) < 4.78 is 0. The number of nitrogens with one attached hydrogen (secondary N) is 1. The van der Waals surface area contributed by atoms with Gasteiger partial charge in [0, 0.05) is 6.54 Å². The Balaban J connectivity index is 3.51. The van der Waals surface area contributed by atoms with Gasteiger partial charge < -0.3 is 10.4 Å². The van der Waals surface area contributed by atoms with E-state index in [4.69, 9.17) is 5.11 Å².